The largest absolute Gasteiger partial charge is 0.488 e. The predicted molar refractivity (Wildman–Crippen MR) is 154 cm³/mol. The highest BCUT2D eigenvalue weighted by molar-refractivity contribution is 5.65. The van der Waals surface area contributed by atoms with Crippen LogP contribution in [0.3, 0.4) is 0 Å². The Morgan fingerprint density at radius 2 is 1.78 bits per heavy atom. The van der Waals surface area contributed by atoms with Crippen LogP contribution in [0.15, 0.2) is 43.1 Å². The smallest absolute Gasteiger partial charge is 0.227 e. The number of anilines is 2. The Kier molecular flexibility index (Phi) is 8.19. The first kappa shape index (κ1) is 27.3. The molecule has 2 fully saturated rings. The highest BCUT2D eigenvalue weighted by atomic mass is 16.5. The van der Waals surface area contributed by atoms with Gasteiger partial charge >= 0.3 is 0 Å². The summed E-state index contributed by atoms with van der Waals surface area (Å²) in [5.41, 5.74) is 4.85. The number of nitrogens with one attached hydrogen (secondary N) is 1. The van der Waals surface area contributed by atoms with E-state index >= 15 is 0 Å². The van der Waals surface area contributed by atoms with Crippen molar-refractivity contribution in [3.8, 4) is 16.9 Å². The molecule has 1 aliphatic carbocycles. The van der Waals surface area contributed by atoms with E-state index in [0.717, 1.165) is 73.0 Å². The summed E-state index contributed by atoms with van der Waals surface area (Å²) in [4.78, 5) is 11.8. The molecular formula is C29H38N10O2. The summed E-state index contributed by atoms with van der Waals surface area (Å²) >= 11 is 0. The van der Waals surface area contributed by atoms with Crippen LogP contribution in [0.5, 0.6) is 5.75 Å². The molecule has 1 atom stereocenters. The lowest BCUT2D eigenvalue weighted by Gasteiger charge is -2.38. The van der Waals surface area contributed by atoms with Gasteiger partial charge in [0.25, 0.3) is 0 Å². The average molecular weight is 559 g/mol. The third-order valence-corrected chi connectivity index (χ3v) is 8.10. The summed E-state index contributed by atoms with van der Waals surface area (Å²) in [6.07, 6.45) is 12.0. The summed E-state index contributed by atoms with van der Waals surface area (Å²) in [5.74, 6) is 1.36. The van der Waals surface area contributed by atoms with Gasteiger partial charge in [0.15, 0.2) is 0 Å². The van der Waals surface area contributed by atoms with Crippen molar-refractivity contribution < 1.29 is 9.47 Å². The van der Waals surface area contributed by atoms with Crippen LogP contribution in [0.25, 0.3) is 11.1 Å². The van der Waals surface area contributed by atoms with Gasteiger partial charge in [-0.15, -0.1) is 5.10 Å². The molecular weight excluding hydrogens is 520 g/mol. The first-order chi connectivity index (χ1) is 20.0. The second-order valence-corrected chi connectivity index (χ2v) is 11.1. The summed E-state index contributed by atoms with van der Waals surface area (Å²) in [6, 6.07) is 7.24. The standard InChI is InChI=1S/C29H38N10O2/c1-20-4-5-23(14-28(20)41-21(2)17-38-19-32-35-36-38)24-15-30-29(31-16-24)33-27-18-39(34-22(27)3)26-8-6-25(7-9-26)37-10-12-40-13-11-37/h4-5,14-16,18-19,21,25-26H,6-13,17H2,1-3H3,(H,30,31,33)/t21-,25?,26?/m0/s1. The van der Waals surface area contributed by atoms with Crippen molar-refractivity contribution in [3.05, 3.63) is 54.4 Å². The Labute approximate surface area is 240 Å². The van der Waals surface area contributed by atoms with Gasteiger partial charge in [0.2, 0.25) is 5.95 Å². The summed E-state index contributed by atoms with van der Waals surface area (Å²) in [6.45, 7) is 10.5. The van der Waals surface area contributed by atoms with Crippen molar-refractivity contribution in [1.29, 1.82) is 0 Å². The molecule has 4 aromatic rings. The van der Waals surface area contributed by atoms with E-state index in [0.29, 0.717) is 24.6 Å². The van der Waals surface area contributed by atoms with Gasteiger partial charge in [-0.2, -0.15) is 5.10 Å². The maximum absolute atomic E-state index is 6.20. The van der Waals surface area contributed by atoms with Crippen molar-refractivity contribution in [2.24, 2.45) is 0 Å². The lowest BCUT2D eigenvalue weighted by molar-refractivity contribution is 0.00506. The highest BCUT2D eigenvalue weighted by Gasteiger charge is 2.28. The Morgan fingerprint density at radius 1 is 1.02 bits per heavy atom. The lowest BCUT2D eigenvalue weighted by Crippen LogP contribution is -2.45. The molecule has 4 heterocycles. The molecule has 2 aliphatic rings. The van der Waals surface area contributed by atoms with Gasteiger partial charge in [-0.25, -0.2) is 14.6 Å². The van der Waals surface area contributed by atoms with Crippen molar-refractivity contribution in [3.63, 3.8) is 0 Å². The molecule has 0 amide bonds. The normalized spacial score (nSPS) is 20.6. The molecule has 6 rings (SSSR count). The molecule has 1 saturated heterocycles. The van der Waals surface area contributed by atoms with E-state index in [2.05, 4.69) is 52.7 Å². The fraction of sp³-hybridized carbons (Fsp3) is 0.517. The minimum atomic E-state index is -0.0979. The number of hydrogen-bond donors (Lipinski definition) is 1. The Hall–Kier alpha value is -3.90. The molecule has 3 aromatic heterocycles. The second-order valence-electron chi connectivity index (χ2n) is 11.1. The molecule has 41 heavy (non-hydrogen) atoms. The van der Waals surface area contributed by atoms with E-state index in [1.165, 1.54) is 12.8 Å². The van der Waals surface area contributed by atoms with Crippen LogP contribution in [0.2, 0.25) is 0 Å². The third kappa shape index (κ3) is 6.54. The molecule has 216 valence electrons. The maximum Gasteiger partial charge on any atom is 0.227 e. The zero-order valence-electron chi connectivity index (χ0n) is 24.0. The van der Waals surface area contributed by atoms with Crippen LogP contribution in [0, 0.1) is 13.8 Å². The van der Waals surface area contributed by atoms with Gasteiger partial charge < -0.3 is 14.8 Å². The highest BCUT2D eigenvalue weighted by Crippen LogP contribution is 2.33. The molecule has 0 spiro atoms. The van der Waals surface area contributed by atoms with Crippen molar-refractivity contribution in [2.45, 2.75) is 71.2 Å². The third-order valence-electron chi connectivity index (χ3n) is 8.10. The van der Waals surface area contributed by atoms with Crippen LogP contribution in [0.4, 0.5) is 11.6 Å². The van der Waals surface area contributed by atoms with E-state index in [1.54, 1.807) is 11.0 Å². The number of aryl methyl sites for hydroxylation is 2. The zero-order chi connectivity index (χ0) is 28.2. The van der Waals surface area contributed by atoms with Gasteiger partial charge in [-0.05, 0) is 74.1 Å². The number of aromatic nitrogens is 8. The molecule has 1 N–H and O–H groups in total. The average Bonchev–Trinajstić information content (AvgIpc) is 3.64. The van der Waals surface area contributed by atoms with Gasteiger partial charge in [-0.3, -0.25) is 9.58 Å². The van der Waals surface area contributed by atoms with Crippen molar-refractivity contribution >= 4 is 11.6 Å². The summed E-state index contributed by atoms with van der Waals surface area (Å²) < 4.78 is 15.5. The molecule has 0 radical (unpaired) electrons. The Balaban J connectivity index is 1.07. The number of morpholine rings is 1. The second kappa shape index (κ2) is 12.3. The minimum Gasteiger partial charge on any atom is -0.488 e. The molecule has 0 bridgehead atoms. The lowest BCUT2D eigenvalue weighted by atomic mass is 9.90. The van der Waals surface area contributed by atoms with E-state index in [1.807, 2.05) is 45.3 Å². The molecule has 12 heteroatoms. The van der Waals surface area contributed by atoms with Gasteiger partial charge in [0.05, 0.1) is 37.2 Å². The van der Waals surface area contributed by atoms with Crippen LogP contribution < -0.4 is 10.1 Å². The van der Waals surface area contributed by atoms with Crippen molar-refractivity contribution in [2.75, 3.05) is 31.6 Å². The maximum atomic E-state index is 6.20. The zero-order valence-corrected chi connectivity index (χ0v) is 24.0. The number of benzene rings is 1. The van der Waals surface area contributed by atoms with Gasteiger partial charge in [-0.1, -0.05) is 12.1 Å². The van der Waals surface area contributed by atoms with Gasteiger partial charge in [0.1, 0.15) is 18.2 Å². The van der Waals surface area contributed by atoms with Gasteiger partial charge in [0, 0.05) is 43.3 Å². The number of rotatable bonds is 9. The van der Waals surface area contributed by atoms with E-state index in [4.69, 9.17) is 14.6 Å². The van der Waals surface area contributed by atoms with E-state index in [9.17, 15) is 0 Å². The van der Waals surface area contributed by atoms with Crippen LogP contribution >= 0.6 is 0 Å². The first-order valence-electron chi connectivity index (χ1n) is 14.5. The fourth-order valence-electron chi connectivity index (χ4n) is 5.77. The quantitative estimate of drug-likeness (QED) is 0.323. The topological polar surface area (TPSA) is 121 Å². The van der Waals surface area contributed by atoms with Crippen LogP contribution in [-0.2, 0) is 11.3 Å². The molecule has 1 saturated carbocycles. The summed E-state index contributed by atoms with van der Waals surface area (Å²) in [7, 11) is 0. The molecule has 0 unspecified atom stereocenters. The minimum absolute atomic E-state index is 0.0979. The monoisotopic (exact) mass is 558 g/mol. The molecule has 12 nitrogen and oxygen atoms in total. The Bertz CT molecular complexity index is 1410. The number of ether oxygens (including phenoxy) is 2. The SMILES string of the molecule is Cc1ccc(-c2cnc(Nc3cn(C4CCC(N5CCOCC5)CC4)nc3C)nc2)cc1O[C@@H](C)Cn1cnnn1. The first-order valence-corrected chi connectivity index (χ1v) is 14.5. The summed E-state index contributed by atoms with van der Waals surface area (Å²) in [5, 5.41) is 19.5. The van der Waals surface area contributed by atoms with Crippen LogP contribution in [0.1, 0.15) is 49.9 Å². The fourth-order valence-corrected chi connectivity index (χ4v) is 5.77. The van der Waals surface area contributed by atoms with E-state index < -0.39 is 0 Å². The molecule has 1 aromatic carbocycles. The molecule has 1 aliphatic heterocycles. The predicted octanol–water partition coefficient (Wildman–Crippen LogP) is 3.97. The number of hydrogen-bond acceptors (Lipinski definition) is 10. The Morgan fingerprint density at radius 3 is 2.51 bits per heavy atom. The van der Waals surface area contributed by atoms with Crippen LogP contribution in [-0.4, -0.2) is 83.3 Å². The van der Waals surface area contributed by atoms with E-state index in [-0.39, 0.29) is 6.10 Å². The van der Waals surface area contributed by atoms with Crippen molar-refractivity contribution in [1.82, 2.24) is 44.9 Å². The number of tetrazole rings is 1. The number of nitrogens with zero attached hydrogens (tertiary/aromatic N) is 9.